The van der Waals surface area contributed by atoms with Gasteiger partial charge >= 0.3 is 0 Å². The molecule has 1 aliphatic heterocycles. The van der Waals surface area contributed by atoms with Crippen LogP contribution in [0.4, 0.5) is 78.3 Å². The molecule has 0 aliphatic carbocycles. The molecule has 29 nitrogen and oxygen atoms in total. The number of methoxy groups -OCH3 is 4. The molecule has 0 radical (unpaired) electrons. The average Bonchev–Trinajstić information content (AvgIpc) is 0.851. The van der Waals surface area contributed by atoms with Crippen molar-refractivity contribution in [3.8, 4) is 23.0 Å². The van der Waals surface area contributed by atoms with E-state index in [0.717, 1.165) is 110 Å². The lowest BCUT2D eigenvalue weighted by Crippen LogP contribution is -2.38. The Morgan fingerprint density at radius 2 is 0.615 bits per heavy atom. The summed E-state index contributed by atoms with van der Waals surface area (Å²) in [7, 11) is -0.366. The van der Waals surface area contributed by atoms with Gasteiger partial charge in [0.2, 0.25) is 20.0 Å². The number of hydrogen-bond acceptors (Lipinski definition) is 27. The van der Waals surface area contributed by atoms with Gasteiger partial charge in [0.1, 0.15) is 5.75 Å². The SMILES string of the molecule is CC(C)S(=O)(=O)Nc1ccc(CNc2ccc(Cl)c(Cl)c2)cc1.CC(C)S(=O)[O-].CC(C)S(=O)[O-].CC(C)S(=O)[O-].CC(C)S(=O)[O-].COc1ccc(Cl)cc1NCc1ccc(N)cc1.COc1ccc(NCc2ccc(N)cc2)cc1OC.COc1ccc(NCc2ccc(NS(=O)(=O)C(C)C)cc2)cc1F.C[C@@H]1C[C@H](C)CN(c2ccc(NCc3ccc(N)cc3)cc2)C1.Nc1ccc(CNc2ccc(Cl)cc2Cl)cc1. The van der Waals surface area contributed by atoms with E-state index in [9.17, 15) is 56.3 Å². The van der Waals surface area contributed by atoms with Crippen molar-refractivity contribution in [1.29, 1.82) is 0 Å². The number of anilines is 13. The minimum absolute atomic E-state index is 0.197. The Hall–Kier alpha value is -11.0. The van der Waals surface area contributed by atoms with Gasteiger partial charge in [-0.3, -0.25) is 26.3 Å². The zero-order valence-electron chi connectivity index (χ0n) is 86.3. The van der Waals surface area contributed by atoms with Crippen LogP contribution in [0.5, 0.6) is 23.0 Å². The van der Waals surface area contributed by atoms with Crippen LogP contribution in [0, 0.1) is 17.7 Å². The number of rotatable bonds is 33. The molecule has 810 valence electrons. The Bertz CT molecular complexity index is 6190. The van der Waals surface area contributed by atoms with Crippen molar-refractivity contribution in [1.82, 2.24) is 0 Å². The molecule has 12 aromatic rings. The van der Waals surface area contributed by atoms with Gasteiger partial charge in [-0.1, -0.05) is 244 Å². The Kier molecular flexibility index (Phi) is 59.3. The standard InChI is InChI=1S/C20H27N3.C17H21FN2O3S.C16H18Cl2N2O2S.C15H18N2O2.C14H15ClN2O.C13H12Cl2N2.4C3H8O2S/c1-15-11-16(2)14-23(13-15)20-9-7-19(8-10-20)22-12-17-3-5-18(21)6-4-17;1-12(2)24(21,22)20-14-6-4-13(5-7-14)11-19-15-8-9-17(23-3)16(18)10-15;1-11(2)23(21,22)20-13-5-3-12(4-6-13)10-19-14-7-8-15(17)16(18)9-14;1-18-14-8-7-13(9-15(14)19-2)17-10-11-3-5-12(16)6-4-11;1-18-14-7-4-11(15)8-13(14)17-9-10-2-5-12(16)6-3-10;14-10-3-6-13(12(15)7-10)17-8-9-1-4-11(16)5-2-9;4*1-3(2)6(4)5/h3-10,15-16,22H,11-14,21H2,1-2H3;4-10,12,19-20H,11H2,1-3H3;3-9,11,19-20H,10H2,1-2H3;3-9,17H,10,16H2,1-2H3;2-8,17H,9,16H2,1H3;1-7,17H,8,16H2;4*3H,1-2H3,(H,4,5)/p-4/t15-,16+;;;;;;;;;. The predicted molar refractivity (Wildman–Crippen MR) is 617 cm³/mol. The number of piperidine rings is 1. The number of halogens is 6. The van der Waals surface area contributed by atoms with E-state index in [4.69, 9.17) is 99.9 Å². The molecule has 16 N–H and O–H groups in total. The van der Waals surface area contributed by atoms with E-state index in [1.165, 1.54) is 49.5 Å². The first-order valence-corrected chi connectivity index (χ1v) is 56.3. The molecule has 12 aromatic carbocycles. The third kappa shape index (κ3) is 51.9. The van der Waals surface area contributed by atoms with Gasteiger partial charge in [0, 0.05) is 158 Å². The lowest BCUT2D eigenvalue weighted by molar-refractivity contribution is 0.355. The number of nitrogens with one attached hydrogen (secondary N) is 8. The number of ether oxygens (including phenoxy) is 4. The van der Waals surface area contributed by atoms with Crippen LogP contribution in [0.3, 0.4) is 0 Å². The highest BCUT2D eigenvalue weighted by Gasteiger charge is 2.23. The van der Waals surface area contributed by atoms with Gasteiger partial charge in [-0.25, -0.2) is 21.2 Å². The molecule has 6 atom stereocenters. The Labute approximate surface area is 909 Å². The second-order valence-corrected chi connectivity index (χ2v) is 47.4. The number of sulfonamides is 2. The third-order valence-electron chi connectivity index (χ3n) is 20.7. The topological polar surface area (TPSA) is 469 Å². The zero-order valence-corrected chi connectivity index (χ0v) is 95.0. The first-order valence-electron chi connectivity index (χ1n) is 46.8. The number of nitrogen functional groups attached to an aromatic ring is 4. The van der Waals surface area contributed by atoms with Crippen molar-refractivity contribution in [2.45, 2.75) is 174 Å². The molecule has 148 heavy (non-hydrogen) atoms. The van der Waals surface area contributed by atoms with Gasteiger partial charge in [0.05, 0.1) is 65.4 Å². The number of nitrogens with zero attached hydrogens (tertiary/aromatic N) is 1. The highest BCUT2D eigenvalue weighted by molar-refractivity contribution is 7.93. The lowest BCUT2D eigenvalue weighted by Gasteiger charge is -2.36. The van der Waals surface area contributed by atoms with E-state index >= 15 is 0 Å². The maximum Gasteiger partial charge on any atom is 0.235 e. The van der Waals surface area contributed by atoms with E-state index < -0.39 is 80.7 Å². The molecule has 1 saturated heterocycles. The number of benzene rings is 12. The summed E-state index contributed by atoms with van der Waals surface area (Å²) in [5.41, 5.74) is 40.2. The first kappa shape index (κ1) is 129. The Balaban J connectivity index is 0.000000354. The highest BCUT2D eigenvalue weighted by atomic mass is 35.5. The quantitative estimate of drug-likeness (QED) is 0.0134. The second-order valence-electron chi connectivity index (χ2n) is 35.0. The van der Waals surface area contributed by atoms with Crippen molar-refractivity contribution in [3.63, 3.8) is 0 Å². The van der Waals surface area contributed by atoms with E-state index in [1.54, 1.807) is 171 Å². The largest absolute Gasteiger partial charge is 0.772 e. The minimum atomic E-state index is -3.35. The van der Waals surface area contributed by atoms with Crippen LogP contribution in [-0.2, 0) is 104 Å². The van der Waals surface area contributed by atoms with Crippen molar-refractivity contribution < 1.29 is 75.2 Å². The molecule has 41 heteroatoms. The zero-order chi connectivity index (χ0) is 111. The van der Waals surface area contributed by atoms with Crippen molar-refractivity contribution in [3.05, 3.63) is 325 Å². The van der Waals surface area contributed by atoms with Gasteiger partial charge in [0.25, 0.3) is 0 Å². The fraction of sp³-hybridized carbons (Fsp3) is 0.327. The molecular weight excluding hydrogens is 2110 g/mol. The minimum Gasteiger partial charge on any atom is -0.772 e. The molecule has 1 fully saturated rings. The fourth-order valence-electron chi connectivity index (χ4n) is 12.1. The van der Waals surface area contributed by atoms with E-state index in [0.29, 0.717) is 74.1 Å². The van der Waals surface area contributed by atoms with Crippen LogP contribution in [0.15, 0.2) is 261 Å². The molecular formula is C107H139Cl5FN13O16S6-4. The van der Waals surface area contributed by atoms with E-state index in [-0.39, 0.29) is 26.7 Å². The highest BCUT2D eigenvalue weighted by Crippen LogP contribution is 2.34. The summed E-state index contributed by atoms with van der Waals surface area (Å²) in [6.45, 7) is 30.6. The van der Waals surface area contributed by atoms with Crippen LogP contribution >= 0.6 is 58.0 Å². The summed E-state index contributed by atoms with van der Waals surface area (Å²) in [5, 5.41) is 20.7. The maximum atomic E-state index is 13.6. The molecule has 0 amide bonds. The normalized spacial score (nSPS) is 13.1. The smallest absolute Gasteiger partial charge is 0.235 e. The summed E-state index contributed by atoms with van der Waals surface area (Å²) < 4.78 is 164. The van der Waals surface area contributed by atoms with E-state index in [1.807, 2.05) is 152 Å². The van der Waals surface area contributed by atoms with E-state index in [2.05, 4.69) is 96.5 Å². The van der Waals surface area contributed by atoms with Gasteiger partial charge in [-0.05, 0) is 255 Å². The monoisotopic (exact) mass is 2250 g/mol. The Morgan fingerprint density at radius 1 is 0.331 bits per heavy atom. The fourth-order valence-corrected chi connectivity index (χ4v) is 14.5. The maximum absolute atomic E-state index is 13.6. The molecule has 0 saturated carbocycles. The number of hydrogen-bond donors (Lipinski definition) is 12. The first-order chi connectivity index (χ1) is 69.8. The number of nitrogens with two attached hydrogens (primary N) is 4. The van der Waals surface area contributed by atoms with Gasteiger partial charge in [-0.15, -0.1) is 0 Å². The van der Waals surface area contributed by atoms with Gasteiger partial charge in [-0.2, -0.15) is 0 Å². The van der Waals surface area contributed by atoms with Crippen LogP contribution in [0.25, 0.3) is 0 Å². The summed E-state index contributed by atoms with van der Waals surface area (Å²) in [5.74, 6) is 3.53. The third-order valence-corrected chi connectivity index (χ3v) is 28.9. The average molecular weight is 2250 g/mol. The van der Waals surface area contributed by atoms with Gasteiger partial charge in [0.15, 0.2) is 23.1 Å². The molecule has 0 bridgehead atoms. The summed E-state index contributed by atoms with van der Waals surface area (Å²) in [6.07, 6.45) is 1.34. The molecule has 0 spiro atoms. The van der Waals surface area contributed by atoms with Crippen LogP contribution in [0.2, 0.25) is 25.1 Å². The Morgan fingerprint density at radius 3 is 0.946 bits per heavy atom. The molecule has 1 heterocycles. The molecule has 0 aromatic heterocycles. The molecule has 1 aliphatic rings. The summed E-state index contributed by atoms with van der Waals surface area (Å²) in [6, 6.07) is 80.9. The van der Waals surface area contributed by atoms with Gasteiger partial charge < -0.3 is 96.9 Å². The van der Waals surface area contributed by atoms with Crippen LogP contribution in [0.1, 0.15) is 137 Å². The summed E-state index contributed by atoms with van der Waals surface area (Å²) in [4.78, 5) is 2.52. The van der Waals surface area contributed by atoms with Crippen LogP contribution in [-0.4, -0.2) is 125 Å². The van der Waals surface area contributed by atoms with Crippen molar-refractivity contribution in [2.24, 2.45) is 11.8 Å². The second kappa shape index (κ2) is 67.9. The predicted octanol–water partition coefficient (Wildman–Crippen LogP) is 24.4. The van der Waals surface area contributed by atoms with Crippen LogP contribution < -0.4 is 88.1 Å². The van der Waals surface area contributed by atoms with Crippen molar-refractivity contribution >= 4 is 196 Å². The van der Waals surface area contributed by atoms with Crippen molar-refractivity contribution in [2.75, 3.05) is 111 Å². The molecule has 13 rings (SSSR count). The summed E-state index contributed by atoms with van der Waals surface area (Å²) >= 11 is 22.2. The molecule has 4 unspecified atom stereocenters. The lowest BCUT2D eigenvalue weighted by atomic mass is 9.91.